The van der Waals surface area contributed by atoms with Gasteiger partial charge >= 0.3 is 6.09 Å². The Labute approximate surface area is 176 Å². The minimum Gasteiger partial charge on any atom is -0.453 e. The van der Waals surface area contributed by atoms with Crippen molar-refractivity contribution < 1.29 is 9.53 Å². The Bertz CT molecular complexity index is 1060. The van der Waals surface area contributed by atoms with Gasteiger partial charge in [0.05, 0.1) is 24.2 Å². The Hall–Kier alpha value is -3.41. The van der Waals surface area contributed by atoms with E-state index in [0.717, 1.165) is 29.9 Å². The molecular formula is C24H26N4O2. The molecule has 1 unspecified atom stereocenters. The number of hydrogen-bond acceptors (Lipinski definition) is 4. The van der Waals surface area contributed by atoms with Crippen LogP contribution in [0.25, 0.3) is 17.0 Å². The quantitative estimate of drug-likeness (QED) is 0.585. The van der Waals surface area contributed by atoms with Gasteiger partial charge in [0, 0.05) is 25.2 Å². The van der Waals surface area contributed by atoms with Crippen molar-refractivity contribution in [2.75, 3.05) is 13.7 Å². The number of allylic oxidation sites excluding steroid dienone is 2. The molecule has 6 heteroatoms. The summed E-state index contributed by atoms with van der Waals surface area (Å²) in [7, 11) is 1.37. The average Bonchev–Trinajstić information content (AvgIpc) is 3.38. The molecule has 0 bridgehead atoms. The second-order valence-electron chi connectivity index (χ2n) is 7.27. The van der Waals surface area contributed by atoms with Gasteiger partial charge in [-0.15, -0.1) is 0 Å². The number of carbonyl (C=O) groups excluding carboxylic acids is 1. The summed E-state index contributed by atoms with van der Waals surface area (Å²) < 4.78 is 6.63. The topological polar surface area (TPSA) is 69.0 Å². The average molecular weight is 402 g/mol. The number of hydrogen-bond donors (Lipinski definition) is 1. The number of methoxy groups -OCH3 is 1. The summed E-state index contributed by atoms with van der Waals surface area (Å²) >= 11 is 0. The predicted molar refractivity (Wildman–Crippen MR) is 117 cm³/mol. The molecule has 6 nitrogen and oxygen atoms in total. The Kier molecular flexibility index (Phi) is 5.93. The highest BCUT2D eigenvalue weighted by Crippen LogP contribution is 2.41. The number of nitrogens with one attached hydrogen (secondary N) is 1. The first-order valence-corrected chi connectivity index (χ1v) is 10.3. The van der Waals surface area contributed by atoms with Gasteiger partial charge in [-0.1, -0.05) is 43.3 Å². The Balaban J connectivity index is 1.64. The number of pyridine rings is 1. The van der Waals surface area contributed by atoms with Gasteiger partial charge < -0.3 is 10.1 Å². The van der Waals surface area contributed by atoms with Crippen molar-refractivity contribution in [3.63, 3.8) is 0 Å². The summed E-state index contributed by atoms with van der Waals surface area (Å²) in [6.07, 6.45) is 5.46. The van der Waals surface area contributed by atoms with E-state index in [1.807, 2.05) is 22.9 Å². The molecule has 1 aromatic carbocycles. The minimum absolute atomic E-state index is 0.146. The second-order valence-corrected chi connectivity index (χ2v) is 7.27. The van der Waals surface area contributed by atoms with Crippen molar-refractivity contribution in [1.82, 2.24) is 20.1 Å². The number of fused-ring (bicyclic) bond motifs is 1. The number of nitrogens with zero attached hydrogens (tertiary/aromatic N) is 3. The summed E-state index contributed by atoms with van der Waals surface area (Å²) in [6, 6.07) is 16.6. The van der Waals surface area contributed by atoms with Crippen molar-refractivity contribution in [3.05, 3.63) is 77.6 Å². The maximum atomic E-state index is 11.3. The predicted octanol–water partition coefficient (Wildman–Crippen LogP) is 4.63. The molecule has 0 fully saturated rings. The van der Waals surface area contributed by atoms with Gasteiger partial charge in [-0.3, -0.25) is 9.67 Å². The van der Waals surface area contributed by atoms with Crippen molar-refractivity contribution in [3.8, 4) is 11.4 Å². The summed E-state index contributed by atoms with van der Waals surface area (Å²) in [4.78, 5) is 15.8. The van der Waals surface area contributed by atoms with Crippen molar-refractivity contribution in [2.24, 2.45) is 0 Å². The SMILES string of the molecule is CCC1=CC(c2cc(-c3ccccn3)n(CCCNC(=O)OC)n2)c2ccccc21. The number of aromatic nitrogens is 3. The van der Waals surface area contributed by atoms with E-state index in [-0.39, 0.29) is 5.92 Å². The van der Waals surface area contributed by atoms with E-state index in [2.05, 4.69) is 58.4 Å². The molecule has 3 aromatic rings. The maximum Gasteiger partial charge on any atom is 0.406 e. The Morgan fingerprint density at radius 2 is 2.03 bits per heavy atom. The lowest BCUT2D eigenvalue weighted by atomic mass is 9.97. The van der Waals surface area contributed by atoms with Crippen LogP contribution in [0.4, 0.5) is 4.79 Å². The van der Waals surface area contributed by atoms with Crippen molar-refractivity contribution in [1.29, 1.82) is 0 Å². The van der Waals surface area contributed by atoms with Gasteiger partial charge in [-0.25, -0.2) is 4.79 Å². The highest BCUT2D eigenvalue weighted by molar-refractivity contribution is 5.76. The van der Waals surface area contributed by atoms with Crippen molar-refractivity contribution >= 4 is 11.7 Å². The van der Waals surface area contributed by atoms with Gasteiger partial charge in [0.1, 0.15) is 0 Å². The molecule has 1 N–H and O–H groups in total. The lowest BCUT2D eigenvalue weighted by molar-refractivity contribution is 0.170. The molecule has 1 aliphatic carbocycles. The fraction of sp³-hybridized carbons (Fsp3) is 0.292. The third kappa shape index (κ3) is 3.99. The molecule has 30 heavy (non-hydrogen) atoms. The van der Waals surface area contributed by atoms with Crippen LogP contribution in [0, 0.1) is 0 Å². The number of rotatable bonds is 7. The third-order valence-corrected chi connectivity index (χ3v) is 5.44. The van der Waals surface area contributed by atoms with E-state index in [1.165, 1.54) is 23.8 Å². The summed E-state index contributed by atoms with van der Waals surface area (Å²) in [5.74, 6) is 0.146. The first kappa shape index (κ1) is 19.9. The van der Waals surface area contributed by atoms with E-state index in [4.69, 9.17) is 5.10 Å². The molecule has 0 aliphatic heterocycles. The van der Waals surface area contributed by atoms with Crippen molar-refractivity contribution in [2.45, 2.75) is 32.2 Å². The van der Waals surface area contributed by atoms with E-state index in [0.29, 0.717) is 13.1 Å². The van der Waals surface area contributed by atoms with Gasteiger partial charge in [0.2, 0.25) is 0 Å². The molecule has 1 aliphatic rings. The smallest absolute Gasteiger partial charge is 0.406 e. The molecule has 0 saturated heterocycles. The van der Waals surface area contributed by atoms with Gasteiger partial charge in [0.25, 0.3) is 0 Å². The number of amides is 1. The van der Waals surface area contributed by atoms with E-state index in [9.17, 15) is 4.79 Å². The van der Waals surface area contributed by atoms with Crippen LogP contribution in [0.3, 0.4) is 0 Å². The second kappa shape index (κ2) is 8.95. The fourth-order valence-electron chi connectivity index (χ4n) is 3.97. The first-order valence-electron chi connectivity index (χ1n) is 10.3. The van der Waals surface area contributed by atoms with Crippen LogP contribution in [0.2, 0.25) is 0 Å². The van der Waals surface area contributed by atoms with Crippen LogP contribution in [-0.2, 0) is 11.3 Å². The van der Waals surface area contributed by atoms with Crippen LogP contribution in [0.5, 0.6) is 0 Å². The van der Waals surface area contributed by atoms with E-state index in [1.54, 1.807) is 6.20 Å². The third-order valence-electron chi connectivity index (χ3n) is 5.44. The zero-order chi connectivity index (χ0) is 20.9. The maximum absolute atomic E-state index is 11.3. The van der Waals surface area contributed by atoms with E-state index < -0.39 is 6.09 Å². The van der Waals surface area contributed by atoms with Crippen LogP contribution >= 0.6 is 0 Å². The molecule has 0 saturated carbocycles. The first-order chi connectivity index (χ1) is 14.7. The Morgan fingerprint density at radius 1 is 1.20 bits per heavy atom. The van der Waals surface area contributed by atoms with Crippen LogP contribution in [-0.4, -0.2) is 34.5 Å². The molecule has 154 valence electrons. The van der Waals surface area contributed by atoms with Crippen LogP contribution in [0.1, 0.15) is 42.5 Å². The summed E-state index contributed by atoms with van der Waals surface area (Å²) in [6.45, 7) is 3.39. The molecule has 2 heterocycles. The Morgan fingerprint density at radius 3 is 2.80 bits per heavy atom. The molecule has 4 rings (SSSR count). The van der Waals surface area contributed by atoms with Gasteiger partial charge in [-0.05, 0) is 47.7 Å². The number of benzene rings is 1. The van der Waals surface area contributed by atoms with Crippen LogP contribution in [0.15, 0.2) is 60.8 Å². The van der Waals surface area contributed by atoms with Crippen LogP contribution < -0.4 is 5.32 Å². The normalized spacial score (nSPS) is 14.9. The molecule has 0 spiro atoms. The zero-order valence-electron chi connectivity index (χ0n) is 17.3. The largest absolute Gasteiger partial charge is 0.453 e. The number of alkyl carbamates (subject to hydrolysis) is 1. The fourth-order valence-corrected chi connectivity index (χ4v) is 3.97. The highest BCUT2D eigenvalue weighted by Gasteiger charge is 2.26. The number of aryl methyl sites for hydroxylation is 1. The lowest BCUT2D eigenvalue weighted by Gasteiger charge is -2.09. The van der Waals surface area contributed by atoms with Gasteiger partial charge in [0.15, 0.2) is 0 Å². The monoisotopic (exact) mass is 402 g/mol. The standard InChI is InChI=1S/C24H26N4O2/c1-3-17-15-20(19-10-5-4-9-18(17)19)22-16-23(21-11-6-7-12-25-21)28(27-22)14-8-13-26-24(29)30-2/h4-7,9-12,15-16,20H,3,8,13-14H2,1-2H3,(H,26,29). The minimum atomic E-state index is -0.416. The number of ether oxygens (including phenoxy) is 1. The number of carbonyl (C=O) groups is 1. The molecule has 1 atom stereocenters. The summed E-state index contributed by atoms with van der Waals surface area (Å²) in [5.41, 5.74) is 6.89. The summed E-state index contributed by atoms with van der Waals surface area (Å²) in [5, 5.41) is 7.68. The molecular weight excluding hydrogens is 376 g/mol. The lowest BCUT2D eigenvalue weighted by Crippen LogP contribution is -2.25. The molecule has 1 amide bonds. The molecule has 0 radical (unpaired) electrons. The van der Waals surface area contributed by atoms with Gasteiger partial charge in [-0.2, -0.15) is 5.10 Å². The highest BCUT2D eigenvalue weighted by atomic mass is 16.5. The van der Waals surface area contributed by atoms with E-state index >= 15 is 0 Å². The molecule has 2 aromatic heterocycles. The zero-order valence-corrected chi connectivity index (χ0v) is 17.3.